The Hall–Kier alpha value is 0.270. The Labute approximate surface area is 111 Å². The lowest BCUT2D eigenvalue weighted by Gasteiger charge is -2.33. The van der Waals surface area contributed by atoms with Crippen LogP contribution in [0.15, 0.2) is 30.3 Å². The zero-order valence-electron chi connectivity index (χ0n) is 9.81. The van der Waals surface area contributed by atoms with Crippen LogP contribution in [0.25, 0.3) is 0 Å². The van der Waals surface area contributed by atoms with E-state index in [1.807, 2.05) is 11.8 Å². The first-order valence-electron chi connectivity index (χ1n) is 5.69. The lowest BCUT2D eigenvalue weighted by molar-refractivity contribution is 0.805. The molecule has 1 aromatic rings. The van der Waals surface area contributed by atoms with Crippen molar-refractivity contribution in [1.29, 1.82) is 0 Å². The van der Waals surface area contributed by atoms with Crippen molar-refractivity contribution in [2.75, 3.05) is 17.8 Å². The molecule has 2 unspecified atom stereocenters. The normalized spacial score (nSPS) is 29.5. The summed E-state index contributed by atoms with van der Waals surface area (Å²) < 4.78 is 0.301. The van der Waals surface area contributed by atoms with Gasteiger partial charge < -0.3 is 0 Å². The molecule has 0 N–H and O–H groups in total. The van der Waals surface area contributed by atoms with Crippen molar-refractivity contribution in [3.8, 4) is 0 Å². The third-order valence-corrected chi connectivity index (χ3v) is 7.73. The predicted octanol–water partition coefficient (Wildman–Crippen LogP) is 4.46. The van der Waals surface area contributed by atoms with Crippen LogP contribution in [0.1, 0.15) is 18.9 Å². The fraction of sp³-hybridized carbons (Fsp3) is 0.538. The van der Waals surface area contributed by atoms with Gasteiger partial charge in [-0.2, -0.15) is 11.8 Å². The molecule has 0 bridgehead atoms. The number of rotatable bonds is 4. The van der Waals surface area contributed by atoms with E-state index in [2.05, 4.69) is 67.0 Å². The minimum Gasteiger partial charge on any atom is -0.159 e. The molecule has 2 rings (SSSR count). The van der Waals surface area contributed by atoms with E-state index in [9.17, 15) is 0 Å². The van der Waals surface area contributed by atoms with Gasteiger partial charge in [0.25, 0.3) is 0 Å². The second-order valence-corrected chi connectivity index (χ2v) is 7.98. The molecule has 1 fully saturated rings. The molecule has 1 heterocycles. The second kappa shape index (κ2) is 5.74. The highest BCUT2D eigenvalue weighted by molar-refractivity contribution is 8.19. The number of benzene rings is 1. The summed E-state index contributed by atoms with van der Waals surface area (Å²) in [7, 11) is 0. The fourth-order valence-corrected chi connectivity index (χ4v) is 7.42. The van der Waals surface area contributed by atoms with Gasteiger partial charge in [-0.1, -0.05) is 37.3 Å². The van der Waals surface area contributed by atoms with Gasteiger partial charge in [-0.3, -0.25) is 0 Å². The Kier molecular flexibility index (Phi) is 4.57. The van der Waals surface area contributed by atoms with Gasteiger partial charge in [0.15, 0.2) is 0 Å². The average Bonchev–Trinajstić information content (AvgIpc) is 2.75. The maximum absolute atomic E-state index is 2.30. The zero-order chi connectivity index (χ0) is 11.4. The van der Waals surface area contributed by atoms with E-state index in [-0.39, 0.29) is 0 Å². The molecule has 0 nitrogen and oxygen atoms in total. The third-order valence-electron chi connectivity index (χ3n) is 2.94. The van der Waals surface area contributed by atoms with Gasteiger partial charge in [-0.05, 0) is 29.7 Å². The summed E-state index contributed by atoms with van der Waals surface area (Å²) in [6.45, 7) is 2.27. The van der Waals surface area contributed by atoms with Crippen molar-refractivity contribution in [3.63, 3.8) is 0 Å². The quantitative estimate of drug-likeness (QED) is 0.793. The Bertz CT molecular complexity index is 325. The summed E-state index contributed by atoms with van der Waals surface area (Å²) in [5.74, 6) is 2.49. The molecule has 0 aliphatic carbocycles. The highest BCUT2D eigenvalue weighted by Gasteiger charge is 2.44. The van der Waals surface area contributed by atoms with E-state index < -0.39 is 0 Å². The van der Waals surface area contributed by atoms with Gasteiger partial charge in [0, 0.05) is 5.25 Å². The number of hydrogen-bond acceptors (Lipinski definition) is 3. The fourth-order valence-electron chi connectivity index (χ4n) is 2.25. The van der Waals surface area contributed by atoms with Crippen molar-refractivity contribution in [1.82, 2.24) is 0 Å². The van der Waals surface area contributed by atoms with Crippen molar-refractivity contribution < 1.29 is 0 Å². The highest BCUT2D eigenvalue weighted by atomic mass is 32.2. The molecular weight excluding hydrogens is 252 g/mol. The van der Waals surface area contributed by atoms with Crippen LogP contribution in [-0.4, -0.2) is 23.0 Å². The largest absolute Gasteiger partial charge is 0.159 e. The molecule has 88 valence electrons. The topological polar surface area (TPSA) is 0 Å². The SMILES string of the molecule is CCSC1(c2ccccc2)SCCC1SC. The first-order valence-corrected chi connectivity index (χ1v) is 8.95. The van der Waals surface area contributed by atoms with Crippen LogP contribution in [0, 0.1) is 0 Å². The predicted molar refractivity (Wildman–Crippen MR) is 80.6 cm³/mol. The molecule has 2 atom stereocenters. The molecule has 1 aromatic carbocycles. The van der Waals surface area contributed by atoms with Gasteiger partial charge >= 0.3 is 0 Å². The maximum Gasteiger partial charge on any atom is 0.0978 e. The van der Waals surface area contributed by atoms with Crippen LogP contribution in [0.2, 0.25) is 0 Å². The summed E-state index contributed by atoms with van der Waals surface area (Å²) in [5, 5.41) is 0.754. The summed E-state index contributed by atoms with van der Waals surface area (Å²) in [6, 6.07) is 11.0. The summed E-state index contributed by atoms with van der Waals surface area (Å²) in [6.07, 6.45) is 3.60. The number of hydrogen-bond donors (Lipinski definition) is 0. The highest BCUT2D eigenvalue weighted by Crippen LogP contribution is 2.58. The second-order valence-electron chi connectivity index (χ2n) is 3.83. The summed E-state index contributed by atoms with van der Waals surface area (Å²) >= 11 is 6.29. The van der Waals surface area contributed by atoms with Gasteiger partial charge in [0.1, 0.15) is 0 Å². The average molecular weight is 270 g/mol. The first kappa shape index (κ1) is 12.7. The summed E-state index contributed by atoms with van der Waals surface area (Å²) in [4.78, 5) is 0. The maximum atomic E-state index is 2.30. The van der Waals surface area contributed by atoms with E-state index in [1.54, 1.807) is 0 Å². The van der Waals surface area contributed by atoms with E-state index in [4.69, 9.17) is 0 Å². The van der Waals surface area contributed by atoms with Crippen molar-refractivity contribution >= 4 is 35.3 Å². The van der Waals surface area contributed by atoms with Crippen molar-refractivity contribution in [2.45, 2.75) is 22.7 Å². The molecule has 0 radical (unpaired) electrons. The van der Waals surface area contributed by atoms with Crippen LogP contribution >= 0.6 is 35.3 Å². The minimum atomic E-state index is 0.301. The smallest absolute Gasteiger partial charge is 0.0978 e. The Balaban J connectivity index is 2.35. The third kappa shape index (κ3) is 2.27. The molecule has 3 heteroatoms. The van der Waals surface area contributed by atoms with Crippen LogP contribution in [0.3, 0.4) is 0 Å². The lowest BCUT2D eigenvalue weighted by Crippen LogP contribution is -2.26. The van der Waals surface area contributed by atoms with Crippen LogP contribution in [0.5, 0.6) is 0 Å². The van der Waals surface area contributed by atoms with E-state index >= 15 is 0 Å². The van der Waals surface area contributed by atoms with E-state index in [0.717, 1.165) is 5.25 Å². The van der Waals surface area contributed by atoms with Gasteiger partial charge in [0.05, 0.1) is 4.08 Å². The molecular formula is C13H18S3. The zero-order valence-corrected chi connectivity index (χ0v) is 12.3. The molecule has 0 aromatic heterocycles. The lowest BCUT2D eigenvalue weighted by atomic mass is 10.1. The van der Waals surface area contributed by atoms with Crippen LogP contribution in [0.4, 0.5) is 0 Å². The van der Waals surface area contributed by atoms with Gasteiger partial charge in [0.2, 0.25) is 0 Å². The van der Waals surface area contributed by atoms with E-state index in [0.29, 0.717) is 4.08 Å². The monoisotopic (exact) mass is 270 g/mol. The number of thioether (sulfide) groups is 3. The van der Waals surface area contributed by atoms with Crippen molar-refractivity contribution in [3.05, 3.63) is 35.9 Å². The molecule has 1 aliphatic heterocycles. The van der Waals surface area contributed by atoms with Crippen LogP contribution in [-0.2, 0) is 4.08 Å². The van der Waals surface area contributed by atoms with Crippen molar-refractivity contribution in [2.24, 2.45) is 0 Å². The van der Waals surface area contributed by atoms with Gasteiger partial charge in [-0.15, -0.1) is 23.5 Å². The molecule has 1 saturated heterocycles. The van der Waals surface area contributed by atoms with Crippen LogP contribution < -0.4 is 0 Å². The molecule has 0 amide bonds. The van der Waals surface area contributed by atoms with E-state index in [1.165, 1.54) is 23.5 Å². The molecule has 16 heavy (non-hydrogen) atoms. The molecule has 1 aliphatic rings. The summed E-state index contributed by atoms with van der Waals surface area (Å²) in [5.41, 5.74) is 1.50. The first-order chi connectivity index (χ1) is 7.83. The minimum absolute atomic E-state index is 0.301. The molecule has 0 spiro atoms. The standard InChI is InChI=1S/C13H18S3/c1-3-15-13(11-7-5-4-6-8-11)12(14-2)9-10-16-13/h4-8,12H,3,9-10H2,1-2H3. The van der Waals surface area contributed by atoms with Gasteiger partial charge in [-0.25, -0.2) is 0 Å². The Morgan fingerprint density at radius 1 is 1.38 bits per heavy atom. The molecule has 0 saturated carbocycles. The Morgan fingerprint density at radius 2 is 2.12 bits per heavy atom. The Morgan fingerprint density at radius 3 is 2.75 bits per heavy atom.